The predicted molar refractivity (Wildman–Crippen MR) is 61.0 cm³/mol. The summed E-state index contributed by atoms with van der Waals surface area (Å²) in [7, 11) is 0. The summed E-state index contributed by atoms with van der Waals surface area (Å²) in [5, 5.41) is 21.6. The minimum absolute atomic E-state index is 0.0356. The number of anilines is 1. The molecule has 1 rings (SSSR count). The van der Waals surface area contributed by atoms with Gasteiger partial charge in [-0.05, 0) is 24.6 Å². The van der Waals surface area contributed by atoms with Crippen LogP contribution in [-0.4, -0.2) is 17.8 Å². The molecular formula is C11H13ClN2O. The van der Waals surface area contributed by atoms with Crippen molar-refractivity contribution in [2.75, 3.05) is 11.9 Å². The Morgan fingerprint density at radius 2 is 2.33 bits per heavy atom. The smallest absolute Gasteiger partial charge is 0.101 e. The van der Waals surface area contributed by atoms with Crippen molar-refractivity contribution in [1.82, 2.24) is 0 Å². The summed E-state index contributed by atoms with van der Waals surface area (Å²) < 4.78 is 0. The molecule has 80 valence electrons. The van der Waals surface area contributed by atoms with Gasteiger partial charge in [0, 0.05) is 11.1 Å². The fourth-order valence-corrected chi connectivity index (χ4v) is 1.40. The fraction of sp³-hybridized carbons (Fsp3) is 0.364. The zero-order valence-electron chi connectivity index (χ0n) is 8.50. The Morgan fingerprint density at radius 1 is 1.60 bits per heavy atom. The van der Waals surface area contributed by atoms with Crippen LogP contribution in [0.3, 0.4) is 0 Å². The first-order valence-electron chi connectivity index (χ1n) is 4.78. The third-order valence-corrected chi connectivity index (χ3v) is 2.41. The first kappa shape index (κ1) is 11.8. The Labute approximate surface area is 94.3 Å². The van der Waals surface area contributed by atoms with Gasteiger partial charge < -0.3 is 10.4 Å². The molecule has 0 heterocycles. The summed E-state index contributed by atoms with van der Waals surface area (Å²) in [5.41, 5.74) is 1.21. The van der Waals surface area contributed by atoms with Crippen LogP contribution in [0.15, 0.2) is 18.2 Å². The third kappa shape index (κ3) is 3.12. The molecule has 0 saturated carbocycles. The highest BCUT2D eigenvalue weighted by Crippen LogP contribution is 2.21. The number of halogens is 1. The number of nitriles is 1. The van der Waals surface area contributed by atoms with Gasteiger partial charge in [-0.2, -0.15) is 5.26 Å². The maximum absolute atomic E-state index is 9.04. The molecule has 1 aromatic carbocycles. The molecule has 0 aliphatic rings. The molecule has 0 unspecified atom stereocenters. The van der Waals surface area contributed by atoms with Crippen LogP contribution < -0.4 is 5.32 Å². The van der Waals surface area contributed by atoms with E-state index in [-0.39, 0.29) is 12.6 Å². The van der Waals surface area contributed by atoms with E-state index in [4.69, 9.17) is 22.0 Å². The molecule has 0 fully saturated rings. The number of benzene rings is 1. The Kier molecular flexibility index (Phi) is 4.41. The molecule has 3 nitrogen and oxygen atoms in total. The monoisotopic (exact) mass is 224 g/mol. The molecule has 1 aromatic rings. The summed E-state index contributed by atoms with van der Waals surface area (Å²) >= 11 is 5.83. The standard InChI is InChI=1S/C11H13ClN2O/c1-2-10(7-15)14-11-5-9(12)4-3-8(11)6-13/h3-5,10,14-15H,2,7H2,1H3/t10-/m0/s1. The van der Waals surface area contributed by atoms with Crippen molar-refractivity contribution >= 4 is 17.3 Å². The van der Waals surface area contributed by atoms with Crippen molar-refractivity contribution in [2.24, 2.45) is 0 Å². The predicted octanol–water partition coefficient (Wildman–Crippen LogP) is 2.39. The molecule has 2 N–H and O–H groups in total. The van der Waals surface area contributed by atoms with Crippen LogP contribution in [0.4, 0.5) is 5.69 Å². The summed E-state index contributed by atoms with van der Waals surface area (Å²) in [6.07, 6.45) is 0.786. The van der Waals surface area contributed by atoms with Gasteiger partial charge in [-0.15, -0.1) is 0 Å². The zero-order valence-corrected chi connectivity index (χ0v) is 9.25. The van der Waals surface area contributed by atoms with Crippen molar-refractivity contribution in [3.63, 3.8) is 0 Å². The van der Waals surface area contributed by atoms with Gasteiger partial charge in [-0.1, -0.05) is 18.5 Å². The topological polar surface area (TPSA) is 56.0 Å². The van der Waals surface area contributed by atoms with Gasteiger partial charge in [0.2, 0.25) is 0 Å². The molecule has 0 saturated heterocycles. The lowest BCUT2D eigenvalue weighted by molar-refractivity contribution is 0.272. The lowest BCUT2D eigenvalue weighted by atomic mass is 10.1. The van der Waals surface area contributed by atoms with Crippen LogP contribution in [0.2, 0.25) is 5.02 Å². The highest BCUT2D eigenvalue weighted by molar-refractivity contribution is 6.30. The molecule has 0 radical (unpaired) electrons. The first-order valence-corrected chi connectivity index (χ1v) is 5.16. The molecule has 0 aromatic heterocycles. The van der Waals surface area contributed by atoms with Crippen molar-refractivity contribution in [3.8, 4) is 6.07 Å². The second kappa shape index (κ2) is 5.59. The van der Waals surface area contributed by atoms with Crippen molar-refractivity contribution < 1.29 is 5.11 Å². The molecule has 0 spiro atoms. The summed E-state index contributed by atoms with van der Waals surface area (Å²) in [6.45, 7) is 2.00. The average molecular weight is 225 g/mol. The number of aliphatic hydroxyl groups excluding tert-OH is 1. The van der Waals surface area contributed by atoms with Crippen molar-refractivity contribution in [3.05, 3.63) is 28.8 Å². The Morgan fingerprint density at radius 3 is 2.87 bits per heavy atom. The van der Waals surface area contributed by atoms with E-state index < -0.39 is 0 Å². The van der Waals surface area contributed by atoms with Gasteiger partial charge in [0.05, 0.1) is 17.9 Å². The highest BCUT2D eigenvalue weighted by atomic mass is 35.5. The van der Waals surface area contributed by atoms with Crippen LogP contribution in [-0.2, 0) is 0 Å². The number of hydrogen-bond acceptors (Lipinski definition) is 3. The van der Waals surface area contributed by atoms with Crippen LogP contribution in [0, 0.1) is 11.3 Å². The zero-order chi connectivity index (χ0) is 11.3. The van der Waals surface area contributed by atoms with Crippen molar-refractivity contribution in [2.45, 2.75) is 19.4 Å². The minimum atomic E-state index is -0.0458. The number of hydrogen-bond donors (Lipinski definition) is 2. The molecule has 1 atom stereocenters. The summed E-state index contributed by atoms with van der Waals surface area (Å²) in [4.78, 5) is 0. The summed E-state index contributed by atoms with van der Waals surface area (Å²) in [6, 6.07) is 7.05. The van der Waals surface area contributed by atoms with E-state index in [2.05, 4.69) is 11.4 Å². The Bertz CT molecular complexity index is 369. The quantitative estimate of drug-likeness (QED) is 0.826. The molecule has 0 amide bonds. The van der Waals surface area contributed by atoms with Gasteiger partial charge in [0.1, 0.15) is 6.07 Å². The van der Waals surface area contributed by atoms with Gasteiger partial charge in [-0.25, -0.2) is 0 Å². The largest absolute Gasteiger partial charge is 0.394 e. The Hall–Kier alpha value is -1.24. The second-order valence-corrected chi connectivity index (χ2v) is 3.67. The lowest BCUT2D eigenvalue weighted by Crippen LogP contribution is -2.23. The van der Waals surface area contributed by atoms with Crippen LogP contribution in [0.25, 0.3) is 0 Å². The van der Waals surface area contributed by atoms with E-state index in [1.165, 1.54) is 0 Å². The lowest BCUT2D eigenvalue weighted by Gasteiger charge is -2.16. The van der Waals surface area contributed by atoms with E-state index >= 15 is 0 Å². The van der Waals surface area contributed by atoms with E-state index in [1.807, 2.05) is 6.92 Å². The summed E-state index contributed by atoms with van der Waals surface area (Å²) in [5.74, 6) is 0. The molecule has 4 heteroatoms. The van der Waals surface area contributed by atoms with Gasteiger partial charge in [0.25, 0.3) is 0 Å². The molecule has 15 heavy (non-hydrogen) atoms. The average Bonchev–Trinajstić information content (AvgIpc) is 2.26. The van der Waals surface area contributed by atoms with Gasteiger partial charge in [-0.3, -0.25) is 0 Å². The van der Waals surface area contributed by atoms with E-state index in [9.17, 15) is 0 Å². The molecular weight excluding hydrogens is 212 g/mol. The minimum Gasteiger partial charge on any atom is -0.394 e. The second-order valence-electron chi connectivity index (χ2n) is 3.23. The van der Waals surface area contributed by atoms with Crippen LogP contribution >= 0.6 is 11.6 Å². The van der Waals surface area contributed by atoms with Crippen molar-refractivity contribution in [1.29, 1.82) is 5.26 Å². The highest BCUT2D eigenvalue weighted by Gasteiger charge is 2.08. The maximum Gasteiger partial charge on any atom is 0.101 e. The van der Waals surface area contributed by atoms with E-state index in [0.29, 0.717) is 16.3 Å². The van der Waals surface area contributed by atoms with Crippen LogP contribution in [0.1, 0.15) is 18.9 Å². The molecule has 0 aliphatic heterocycles. The third-order valence-electron chi connectivity index (χ3n) is 2.17. The SMILES string of the molecule is CC[C@@H](CO)Nc1cc(Cl)ccc1C#N. The van der Waals surface area contributed by atoms with E-state index in [0.717, 1.165) is 6.42 Å². The fourth-order valence-electron chi connectivity index (χ4n) is 1.23. The number of aliphatic hydroxyl groups is 1. The number of rotatable bonds is 4. The van der Waals surface area contributed by atoms with Gasteiger partial charge >= 0.3 is 0 Å². The molecule has 0 aliphatic carbocycles. The number of nitrogens with zero attached hydrogens (tertiary/aromatic N) is 1. The number of nitrogens with one attached hydrogen (secondary N) is 1. The Balaban J connectivity index is 2.92. The van der Waals surface area contributed by atoms with Crippen LogP contribution in [0.5, 0.6) is 0 Å². The first-order chi connectivity index (χ1) is 7.21. The normalized spacial score (nSPS) is 11.9. The molecule has 0 bridgehead atoms. The maximum atomic E-state index is 9.04. The van der Waals surface area contributed by atoms with E-state index in [1.54, 1.807) is 18.2 Å². The van der Waals surface area contributed by atoms with Gasteiger partial charge in [0.15, 0.2) is 0 Å².